The predicted molar refractivity (Wildman–Crippen MR) is 127 cm³/mol. The number of pyridine rings is 2. The van der Waals surface area contributed by atoms with E-state index in [1.165, 1.54) is 0 Å². The summed E-state index contributed by atoms with van der Waals surface area (Å²) in [6, 6.07) is 23.5. The van der Waals surface area contributed by atoms with Crippen LogP contribution in [0.15, 0.2) is 77.6 Å². The molecule has 6 heteroatoms. The SMILES string of the molecule is CCc1cc2c(c(NCCOC)n1)c(=O)cc(Nc1ccccc1)n2-c1ccccc1. The van der Waals surface area contributed by atoms with Gasteiger partial charge in [-0.15, -0.1) is 0 Å². The molecule has 4 rings (SSSR count). The highest BCUT2D eigenvalue weighted by Gasteiger charge is 2.16. The van der Waals surface area contributed by atoms with Gasteiger partial charge in [-0.25, -0.2) is 4.98 Å². The molecule has 0 aliphatic carbocycles. The van der Waals surface area contributed by atoms with Gasteiger partial charge in [0.15, 0.2) is 5.43 Å². The summed E-state index contributed by atoms with van der Waals surface area (Å²) in [5.41, 5.74) is 3.50. The van der Waals surface area contributed by atoms with E-state index in [1.54, 1.807) is 13.2 Å². The lowest BCUT2D eigenvalue weighted by Gasteiger charge is -2.20. The molecule has 0 aliphatic heterocycles. The number of nitrogens with zero attached hydrogens (tertiary/aromatic N) is 2. The quantitative estimate of drug-likeness (QED) is 0.407. The third-order valence-corrected chi connectivity index (χ3v) is 5.07. The van der Waals surface area contributed by atoms with Gasteiger partial charge >= 0.3 is 0 Å². The van der Waals surface area contributed by atoms with Gasteiger partial charge in [0.2, 0.25) is 0 Å². The number of aryl methyl sites for hydroxylation is 1. The minimum atomic E-state index is -0.0873. The fraction of sp³-hybridized carbons (Fsp3) is 0.200. The number of benzene rings is 2. The Labute approximate surface area is 181 Å². The predicted octanol–water partition coefficient (Wildman–Crippen LogP) is 4.75. The van der Waals surface area contributed by atoms with E-state index in [-0.39, 0.29) is 5.43 Å². The second kappa shape index (κ2) is 9.45. The van der Waals surface area contributed by atoms with Gasteiger partial charge in [-0.05, 0) is 36.8 Å². The Kier molecular flexibility index (Phi) is 6.29. The van der Waals surface area contributed by atoms with Crippen LogP contribution in [0.4, 0.5) is 17.3 Å². The number of fused-ring (bicyclic) bond motifs is 1. The van der Waals surface area contributed by atoms with Crippen molar-refractivity contribution in [3.8, 4) is 5.69 Å². The molecule has 2 aromatic heterocycles. The van der Waals surface area contributed by atoms with Crippen LogP contribution in [0.1, 0.15) is 12.6 Å². The Morgan fingerprint density at radius 1 is 1.00 bits per heavy atom. The zero-order valence-electron chi connectivity index (χ0n) is 17.8. The van der Waals surface area contributed by atoms with E-state index in [2.05, 4.69) is 22.1 Å². The number of rotatable bonds is 8. The van der Waals surface area contributed by atoms with E-state index in [9.17, 15) is 4.79 Å². The number of ether oxygens (including phenoxy) is 1. The van der Waals surface area contributed by atoms with Gasteiger partial charge in [0, 0.05) is 36.8 Å². The Balaban J connectivity index is 1.99. The van der Waals surface area contributed by atoms with Crippen LogP contribution in [0, 0.1) is 0 Å². The van der Waals surface area contributed by atoms with Crippen molar-refractivity contribution in [1.82, 2.24) is 9.55 Å². The zero-order chi connectivity index (χ0) is 21.6. The summed E-state index contributed by atoms with van der Waals surface area (Å²) >= 11 is 0. The number of anilines is 3. The molecule has 2 heterocycles. The lowest BCUT2D eigenvalue weighted by molar-refractivity contribution is 0.210. The number of para-hydroxylation sites is 2. The highest BCUT2D eigenvalue weighted by atomic mass is 16.5. The van der Waals surface area contributed by atoms with Crippen LogP contribution in [0.5, 0.6) is 0 Å². The van der Waals surface area contributed by atoms with Crippen LogP contribution in [-0.4, -0.2) is 29.8 Å². The second-order valence-corrected chi connectivity index (χ2v) is 7.19. The average molecular weight is 415 g/mol. The first-order chi connectivity index (χ1) is 15.2. The lowest BCUT2D eigenvalue weighted by Crippen LogP contribution is -2.17. The topological polar surface area (TPSA) is 68.2 Å². The Morgan fingerprint density at radius 3 is 2.39 bits per heavy atom. The van der Waals surface area contributed by atoms with Gasteiger partial charge in [0.25, 0.3) is 0 Å². The van der Waals surface area contributed by atoms with Crippen molar-refractivity contribution in [3.05, 3.63) is 88.7 Å². The summed E-state index contributed by atoms with van der Waals surface area (Å²) in [4.78, 5) is 18.0. The highest BCUT2D eigenvalue weighted by Crippen LogP contribution is 2.28. The second-order valence-electron chi connectivity index (χ2n) is 7.19. The van der Waals surface area contributed by atoms with E-state index in [0.29, 0.717) is 30.2 Å². The molecule has 0 saturated carbocycles. The molecule has 0 bridgehead atoms. The summed E-state index contributed by atoms with van der Waals surface area (Å²) < 4.78 is 7.23. The maximum absolute atomic E-state index is 13.3. The first-order valence-electron chi connectivity index (χ1n) is 10.4. The van der Waals surface area contributed by atoms with Crippen LogP contribution in [0.2, 0.25) is 0 Å². The highest BCUT2D eigenvalue weighted by molar-refractivity contribution is 5.92. The van der Waals surface area contributed by atoms with Crippen molar-refractivity contribution >= 4 is 28.2 Å². The Morgan fingerprint density at radius 2 is 1.71 bits per heavy atom. The molecule has 0 atom stereocenters. The Bertz CT molecular complexity index is 1220. The third-order valence-electron chi connectivity index (χ3n) is 5.07. The van der Waals surface area contributed by atoms with Crippen LogP contribution >= 0.6 is 0 Å². The van der Waals surface area contributed by atoms with Gasteiger partial charge in [0.1, 0.15) is 11.6 Å². The van der Waals surface area contributed by atoms with Gasteiger partial charge in [0.05, 0.1) is 17.5 Å². The molecule has 0 unspecified atom stereocenters. The maximum Gasteiger partial charge on any atom is 0.195 e. The van der Waals surface area contributed by atoms with Crippen molar-refractivity contribution in [1.29, 1.82) is 0 Å². The molecule has 2 N–H and O–H groups in total. The summed E-state index contributed by atoms with van der Waals surface area (Å²) in [5.74, 6) is 1.29. The Hall–Kier alpha value is -3.64. The van der Waals surface area contributed by atoms with Crippen LogP contribution in [-0.2, 0) is 11.2 Å². The molecule has 0 spiro atoms. The van der Waals surface area contributed by atoms with Crippen LogP contribution in [0.25, 0.3) is 16.6 Å². The average Bonchev–Trinajstić information content (AvgIpc) is 2.80. The molecule has 158 valence electrons. The minimum absolute atomic E-state index is 0.0873. The monoisotopic (exact) mass is 414 g/mol. The van der Waals surface area contributed by atoms with Gasteiger partial charge in [-0.3, -0.25) is 9.36 Å². The van der Waals surface area contributed by atoms with Crippen molar-refractivity contribution in [3.63, 3.8) is 0 Å². The molecule has 2 aromatic carbocycles. The lowest BCUT2D eigenvalue weighted by atomic mass is 10.1. The molecule has 4 aromatic rings. The molecule has 0 radical (unpaired) electrons. The molecule has 0 fully saturated rings. The number of methoxy groups -OCH3 is 1. The summed E-state index contributed by atoms with van der Waals surface area (Å²) in [7, 11) is 1.65. The van der Waals surface area contributed by atoms with E-state index in [0.717, 1.165) is 29.0 Å². The fourth-order valence-electron chi connectivity index (χ4n) is 3.59. The van der Waals surface area contributed by atoms with E-state index >= 15 is 0 Å². The van der Waals surface area contributed by atoms with Crippen LogP contribution < -0.4 is 16.1 Å². The third kappa shape index (κ3) is 4.44. The van der Waals surface area contributed by atoms with Gasteiger partial charge in [-0.2, -0.15) is 0 Å². The smallest absolute Gasteiger partial charge is 0.195 e. The summed E-state index contributed by atoms with van der Waals surface area (Å²) in [6.07, 6.45) is 0.758. The molecule has 31 heavy (non-hydrogen) atoms. The molecule has 0 amide bonds. The van der Waals surface area contributed by atoms with Crippen molar-refractivity contribution in [2.24, 2.45) is 0 Å². The largest absolute Gasteiger partial charge is 0.383 e. The van der Waals surface area contributed by atoms with Gasteiger partial charge < -0.3 is 15.4 Å². The van der Waals surface area contributed by atoms with Crippen molar-refractivity contribution in [2.75, 3.05) is 30.9 Å². The van der Waals surface area contributed by atoms with Gasteiger partial charge in [-0.1, -0.05) is 43.3 Å². The molecule has 6 nitrogen and oxygen atoms in total. The van der Waals surface area contributed by atoms with Crippen molar-refractivity contribution in [2.45, 2.75) is 13.3 Å². The van der Waals surface area contributed by atoms with E-state index in [4.69, 9.17) is 9.72 Å². The van der Waals surface area contributed by atoms with E-state index < -0.39 is 0 Å². The number of nitrogens with one attached hydrogen (secondary N) is 2. The first-order valence-corrected chi connectivity index (χ1v) is 10.4. The first kappa shape index (κ1) is 20.6. The maximum atomic E-state index is 13.3. The minimum Gasteiger partial charge on any atom is -0.383 e. The number of aromatic nitrogens is 2. The standard InChI is InChI=1S/C25H26N4O2/c1-3-18-16-21-24(25(28-18)26-14-15-31-2)22(30)17-23(27-19-10-6-4-7-11-19)29(21)20-12-8-5-9-13-20/h4-13,16-17,27H,3,14-15H2,1-2H3,(H,26,28). The van der Waals surface area contributed by atoms with E-state index in [1.807, 2.05) is 66.7 Å². The molecule has 0 saturated heterocycles. The van der Waals surface area contributed by atoms with Crippen molar-refractivity contribution < 1.29 is 4.74 Å². The summed E-state index contributed by atoms with van der Waals surface area (Å²) in [5, 5.41) is 7.26. The molecular weight excluding hydrogens is 388 g/mol. The number of hydrogen-bond donors (Lipinski definition) is 2. The van der Waals surface area contributed by atoms with Crippen LogP contribution in [0.3, 0.4) is 0 Å². The molecular formula is C25H26N4O2. The zero-order valence-corrected chi connectivity index (χ0v) is 17.8. The molecule has 0 aliphatic rings. The summed E-state index contributed by atoms with van der Waals surface area (Å²) in [6.45, 7) is 3.16. The normalized spacial score (nSPS) is 10.9. The number of hydrogen-bond acceptors (Lipinski definition) is 5. The fourth-order valence-corrected chi connectivity index (χ4v) is 3.59.